The van der Waals surface area contributed by atoms with Crippen LogP contribution in [-0.2, 0) is 30.4 Å². The normalized spacial score (nSPS) is 24.0. The molecule has 0 radical (unpaired) electrons. The summed E-state index contributed by atoms with van der Waals surface area (Å²) in [5.41, 5.74) is 3.22. The Kier molecular flexibility index (Phi) is 10.5. The van der Waals surface area contributed by atoms with E-state index in [1.165, 1.54) is 39.5 Å². The number of hydrogen-bond acceptors (Lipinski definition) is 7. The first kappa shape index (κ1) is 29.9. The molecule has 5 atom stereocenters. The smallest absolute Gasteiger partial charge is 0.303 e. The highest BCUT2D eigenvalue weighted by Gasteiger charge is 2.40. The van der Waals surface area contributed by atoms with E-state index in [9.17, 15) is 14.7 Å². The number of anilines is 1. The predicted molar refractivity (Wildman–Crippen MR) is 153 cm³/mol. The lowest BCUT2D eigenvalue weighted by atomic mass is 9.89. The van der Waals surface area contributed by atoms with Crippen molar-refractivity contribution in [2.24, 2.45) is 5.92 Å². The van der Waals surface area contributed by atoms with Crippen molar-refractivity contribution < 1.29 is 28.9 Å². The number of carbonyl (C=O) groups is 2. The average Bonchev–Trinajstić information content (AvgIpc) is 3.49. The van der Waals surface area contributed by atoms with E-state index in [-0.39, 0.29) is 24.7 Å². The van der Waals surface area contributed by atoms with Gasteiger partial charge in [-0.1, -0.05) is 62.2 Å². The molecule has 2 aromatic carbocycles. The van der Waals surface area contributed by atoms with Crippen molar-refractivity contribution in [1.29, 1.82) is 0 Å². The molecule has 0 spiro atoms. The Labute approximate surface area is 237 Å². The molecule has 1 aliphatic heterocycles. The number of aliphatic hydroxyl groups is 1. The summed E-state index contributed by atoms with van der Waals surface area (Å²) in [5.74, 6) is -0.859. The number of benzene rings is 2. The number of carbonyl (C=O) groups excluding carboxylic acids is 2. The van der Waals surface area contributed by atoms with Gasteiger partial charge in [0.15, 0.2) is 12.4 Å². The summed E-state index contributed by atoms with van der Waals surface area (Å²) < 4.78 is 18.3. The van der Waals surface area contributed by atoms with Gasteiger partial charge in [-0.15, -0.1) is 6.58 Å². The van der Waals surface area contributed by atoms with Gasteiger partial charge in [-0.2, -0.15) is 0 Å². The fourth-order valence-corrected chi connectivity index (χ4v) is 5.68. The number of hydrogen-bond donors (Lipinski definition) is 2. The van der Waals surface area contributed by atoms with Crippen LogP contribution in [0.3, 0.4) is 0 Å². The molecule has 0 unspecified atom stereocenters. The van der Waals surface area contributed by atoms with Gasteiger partial charge in [-0.3, -0.25) is 14.5 Å². The molecule has 1 saturated heterocycles. The van der Waals surface area contributed by atoms with Crippen molar-refractivity contribution in [3.63, 3.8) is 0 Å². The van der Waals surface area contributed by atoms with Crippen molar-refractivity contribution in [3.05, 3.63) is 77.9 Å². The maximum Gasteiger partial charge on any atom is 0.303 e. The van der Waals surface area contributed by atoms with E-state index < -0.39 is 24.3 Å². The summed E-state index contributed by atoms with van der Waals surface area (Å²) in [6.45, 7) is 10.5. The van der Waals surface area contributed by atoms with E-state index >= 15 is 0 Å². The lowest BCUT2D eigenvalue weighted by molar-refractivity contribution is -0.276. The minimum atomic E-state index is -0.911. The largest absolute Gasteiger partial charge is 0.453 e. The van der Waals surface area contributed by atoms with Crippen molar-refractivity contribution in [1.82, 2.24) is 4.90 Å². The van der Waals surface area contributed by atoms with Gasteiger partial charge in [-0.05, 0) is 43.0 Å². The number of rotatable bonds is 11. The second-order valence-corrected chi connectivity index (χ2v) is 10.9. The maximum atomic E-state index is 12.5. The molecule has 1 heterocycles. The fraction of sp³-hybridized carbons (Fsp3) is 0.500. The van der Waals surface area contributed by atoms with Gasteiger partial charge in [0.25, 0.3) is 5.91 Å². The van der Waals surface area contributed by atoms with Crippen LogP contribution in [0, 0.1) is 5.92 Å². The molecule has 2 aliphatic rings. The number of amides is 1. The zero-order valence-corrected chi connectivity index (χ0v) is 23.8. The quantitative estimate of drug-likeness (QED) is 0.290. The molecular formula is C32H42N2O6. The number of esters is 1. The molecule has 0 aromatic heterocycles. The first-order valence-corrected chi connectivity index (χ1v) is 14.2. The molecule has 2 fully saturated rings. The molecule has 216 valence electrons. The summed E-state index contributed by atoms with van der Waals surface area (Å²) >= 11 is 0. The summed E-state index contributed by atoms with van der Waals surface area (Å²) in [4.78, 5) is 26.3. The zero-order chi connectivity index (χ0) is 28.6. The van der Waals surface area contributed by atoms with E-state index in [1.54, 1.807) is 6.07 Å². The second kappa shape index (κ2) is 14.0. The summed E-state index contributed by atoms with van der Waals surface area (Å²) in [6.07, 6.45) is 4.94. The third-order valence-electron chi connectivity index (χ3n) is 7.88. The summed E-state index contributed by atoms with van der Waals surface area (Å²) in [5, 5.41) is 12.3. The van der Waals surface area contributed by atoms with Gasteiger partial charge in [-0.25, -0.2) is 0 Å². The van der Waals surface area contributed by atoms with Gasteiger partial charge in [0.2, 0.25) is 0 Å². The van der Waals surface area contributed by atoms with Crippen LogP contribution in [0.5, 0.6) is 0 Å². The molecule has 1 aliphatic carbocycles. The molecule has 8 nitrogen and oxygen atoms in total. The summed E-state index contributed by atoms with van der Waals surface area (Å²) in [7, 11) is 0. The molecule has 4 rings (SSSR count). The van der Waals surface area contributed by atoms with Gasteiger partial charge in [0, 0.05) is 43.2 Å². The molecular weight excluding hydrogens is 508 g/mol. The lowest BCUT2D eigenvalue weighted by Crippen LogP contribution is -2.47. The van der Waals surface area contributed by atoms with E-state index in [0.717, 1.165) is 29.8 Å². The Bertz CT molecular complexity index is 1150. The highest BCUT2D eigenvalue weighted by Crippen LogP contribution is 2.42. The predicted octanol–water partition coefficient (Wildman–Crippen LogP) is 5.29. The monoisotopic (exact) mass is 550 g/mol. The van der Waals surface area contributed by atoms with Crippen LogP contribution in [-0.4, -0.2) is 53.2 Å². The molecule has 0 bridgehead atoms. The van der Waals surface area contributed by atoms with Crippen molar-refractivity contribution in [2.75, 3.05) is 18.4 Å². The van der Waals surface area contributed by atoms with Crippen molar-refractivity contribution in [2.45, 2.75) is 83.7 Å². The fourth-order valence-electron chi connectivity index (χ4n) is 5.68. The minimum absolute atomic E-state index is 0.0117. The van der Waals surface area contributed by atoms with Crippen LogP contribution < -0.4 is 5.32 Å². The zero-order valence-electron chi connectivity index (χ0n) is 23.8. The van der Waals surface area contributed by atoms with Crippen LogP contribution in [0.15, 0.2) is 61.2 Å². The lowest BCUT2D eigenvalue weighted by Gasteiger charge is -2.43. The molecule has 2 aromatic rings. The topological polar surface area (TPSA) is 97.3 Å². The van der Waals surface area contributed by atoms with Crippen molar-refractivity contribution >= 4 is 17.6 Å². The molecule has 1 saturated carbocycles. The van der Waals surface area contributed by atoms with E-state index in [2.05, 4.69) is 23.7 Å². The van der Waals surface area contributed by atoms with E-state index in [0.29, 0.717) is 11.7 Å². The Balaban J connectivity index is 1.59. The van der Waals surface area contributed by atoms with Gasteiger partial charge < -0.3 is 24.6 Å². The third-order valence-corrected chi connectivity index (χ3v) is 7.88. The number of ether oxygens (including phenoxy) is 3. The highest BCUT2D eigenvalue weighted by molar-refractivity contribution is 5.95. The average molecular weight is 551 g/mol. The minimum Gasteiger partial charge on any atom is -0.453 e. The summed E-state index contributed by atoms with van der Waals surface area (Å²) in [6, 6.07) is 15.8. The first-order valence-electron chi connectivity index (χ1n) is 14.2. The molecule has 2 N–H and O–H groups in total. The van der Waals surface area contributed by atoms with Crippen LogP contribution in [0.1, 0.15) is 75.5 Å². The van der Waals surface area contributed by atoms with Gasteiger partial charge in [0.05, 0.1) is 18.8 Å². The van der Waals surface area contributed by atoms with Crippen LogP contribution >= 0.6 is 0 Å². The molecule has 1 amide bonds. The molecule has 8 heteroatoms. The third kappa shape index (κ3) is 7.57. The highest BCUT2D eigenvalue weighted by atomic mass is 16.7. The second-order valence-electron chi connectivity index (χ2n) is 10.9. The Morgan fingerprint density at radius 3 is 2.52 bits per heavy atom. The molecule has 40 heavy (non-hydrogen) atoms. The van der Waals surface area contributed by atoms with Gasteiger partial charge in [0.1, 0.15) is 0 Å². The standard InChI is InChI=1S/C32H42N2O6/c1-5-17-34(28-11-6-7-12-28)19-29-21(2)30(25-15-13-24(20-35)14-16-25)40-32(39-29)26-9-8-10-27(18-26)33-31(37)22(3)38-23(4)36/h5,8-10,13-16,18,21-22,28-30,32,35H,1,6-7,11-12,17,19-20H2,2-4H3,(H,33,37)/t21-,22-,29+,30+,32+/m0/s1. The van der Waals surface area contributed by atoms with E-state index in [4.69, 9.17) is 14.2 Å². The van der Waals surface area contributed by atoms with E-state index in [1.807, 2.05) is 48.5 Å². The number of nitrogens with zero attached hydrogens (tertiary/aromatic N) is 1. The van der Waals surface area contributed by atoms with Crippen LogP contribution in [0.4, 0.5) is 5.69 Å². The van der Waals surface area contributed by atoms with Crippen LogP contribution in [0.2, 0.25) is 0 Å². The Morgan fingerprint density at radius 1 is 1.15 bits per heavy atom. The SMILES string of the molecule is C=CCN(C[C@H]1O[C@@H](c2cccc(NC(=O)[C@H](C)OC(C)=O)c2)O[C@@H](c2ccc(CO)cc2)[C@H]1C)C1CCCC1. The van der Waals surface area contributed by atoms with Gasteiger partial charge >= 0.3 is 5.97 Å². The van der Waals surface area contributed by atoms with Crippen molar-refractivity contribution in [3.8, 4) is 0 Å². The Hall–Kier alpha value is -3.04. The maximum absolute atomic E-state index is 12.5. The first-order chi connectivity index (χ1) is 19.3. The van der Waals surface area contributed by atoms with Crippen LogP contribution in [0.25, 0.3) is 0 Å². The Morgan fingerprint density at radius 2 is 1.88 bits per heavy atom. The number of aliphatic hydroxyl groups excluding tert-OH is 1. The number of nitrogens with one attached hydrogen (secondary N) is 1.